The van der Waals surface area contributed by atoms with E-state index in [9.17, 15) is 5.11 Å². The highest BCUT2D eigenvalue weighted by molar-refractivity contribution is 7.09. The van der Waals surface area contributed by atoms with Crippen molar-refractivity contribution in [2.45, 2.75) is 19.4 Å². The molecule has 0 bridgehead atoms. The first kappa shape index (κ1) is 15.6. The Hall–Kier alpha value is -2.91. The minimum Gasteiger partial charge on any atom is -0.378 e. The predicted molar refractivity (Wildman–Crippen MR) is 94.4 cm³/mol. The second-order valence-corrected chi connectivity index (χ2v) is 6.65. The number of anilines is 1. The quantitative estimate of drug-likeness (QED) is 0.577. The molecule has 3 N–H and O–H groups in total. The van der Waals surface area contributed by atoms with Gasteiger partial charge in [-0.05, 0) is 31.5 Å². The normalized spacial score (nSPS) is 13.9. The van der Waals surface area contributed by atoms with E-state index in [1.807, 2.05) is 30.5 Å². The Labute approximate surface area is 147 Å². The summed E-state index contributed by atoms with van der Waals surface area (Å²) >= 11 is 1.40. The van der Waals surface area contributed by atoms with Crippen LogP contribution >= 0.6 is 11.3 Å². The van der Waals surface area contributed by atoms with Crippen LogP contribution in [0.2, 0.25) is 0 Å². The molecule has 0 amide bonds. The van der Waals surface area contributed by atoms with Crippen molar-refractivity contribution in [3.05, 3.63) is 52.5 Å². The standard InChI is InChI=1S/C16H15N7OS/c1-9-21-11-4-3-10(16(2,24)13-18-5-6-25-13)7-12(11)23(9)15-20-8-19-14(17)22-15/h3-8,24H,1-2H3,(H2,17,19,20,22)/t16-/m1/s1. The Morgan fingerprint density at radius 1 is 1.20 bits per heavy atom. The largest absolute Gasteiger partial charge is 0.378 e. The summed E-state index contributed by atoms with van der Waals surface area (Å²) in [6.07, 6.45) is 3.04. The van der Waals surface area contributed by atoms with Gasteiger partial charge < -0.3 is 10.8 Å². The molecule has 126 valence electrons. The summed E-state index contributed by atoms with van der Waals surface area (Å²) in [5, 5.41) is 13.4. The third-order valence-corrected chi connectivity index (χ3v) is 4.99. The first-order valence-electron chi connectivity index (χ1n) is 7.53. The first-order valence-corrected chi connectivity index (χ1v) is 8.41. The number of thiazole rings is 1. The summed E-state index contributed by atoms with van der Waals surface area (Å²) in [5.74, 6) is 1.24. The summed E-state index contributed by atoms with van der Waals surface area (Å²) in [7, 11) is 0. The van der Waals surface area contributed by atoms with E-state index in [1.165, 1.54) is 17.7 Å². The van der Waals surface area contributed by atoms with Gasteiger partial charge in [-0.3, -0.25) is 4.57 Å². The van der Waals surface area contributed by atoms with Gasteiger partial charge in [0.1, 0.15) is 22.8 Å². The van der Waals surface area contributed by atoms with Crippen molar-refractivity contribution in [1.82, 2.24) is 29.5 Å². The molecule has 0 fully saturated rings. The van der Waals surface area contributed by atoms with Gasteiger partial charge in [-0.1, -0.05) is 6.07 Å². The predicted octanol–water partition coefficient (Wildman–Crippen LogP) is 1.81. The van der Waals surface area contributed by atoms with Crippen LogP contribution < -0.4 is 5.73 Å². The van der Waals surface area contributed by atoms with Crippen molar-refractivity contribution in [3.63, 3.8) is 0 Å². The molecule has 0 spiro atoms. The highest BCUT2D eigenvalue weighted by Crippen LogP contribution is 2.32. The molecule has 25 heavy (non-hydrogen) atoms. The number of hydrogen-bond donors (Lipinski definition) is 2. The second-order valence-electron chi connectivity index (χ2n) is 5.75. The van der Waals surface area contributed by atoms with Gasteiger partial charge in [0, 0.05) is 11.6 Å². The van der Waals surface area contributed by atoms with Crippen molar-refractivity contribution in [3.8, 4) is 5.95 Å². The average molecular weight is 353 g/mol. The third kappa shape index (κ3) is 2.53. The van der Waals surface area contributed by atoms with E-state index in [-0.39, 0.29) is 5.95 Å². The van der Waals surface area contributed by atoms with E-state index in [2.05, 4.69) is 24.9 Å². The zero-order valence-electron chi connectivity index (χ0n) is 13.6. The smallest absolute Gasteiger partial charge is 0.240 e. The lowest BCUT2D eigenvalue weighted by Gasteiger charge is -2.21. The number of nitrogen functional groups attached to an aromatic ring is 1. The zero-order valence-corrected chi connectivity index (χ0v) is 14.4. The molecular formula is C16H15N7OS. The lowest BCUT2D eigenvalue weighted by atomic mass is 9.96. The fraction of sp³-hybridized carbons (Fsp3) is 0.188. The molecule has 0 radical (unpaired) electrons. The first-order chi connectivity index (χ1) is 12.0. The van der Waals surface area contributed by atoms with Gasteiger partial charge in [0.2, 0.25) is 11.9 Å². The average Bonchev–Trinajstić information content (AvgIpc) is 3.21. The van der Waals surface area contributed by atoms with E-state index in [0.717, 1.165) is 11.0 Å². The van der Waals surface area contributed by atoms with Gasteiger partial charge in [0.25, 0.3) is 0 Å². The SMILES string of the molecule is Cc1nc2ccc([C@@](C)(O)c3nccs3)cc2n1-c1ncnc(N)n1. The summed E-state index contributed by atoms with van der Waals surface area (Å²) in [6.45, 7) is 3.58. The van der Waals surface area contributed by atoms with Crippen LogP contribution in [0.25, 0.3) is 17.0 Å². The van der Waals surface area contributed by atoms with Crippen LogP contribution in [0.15, 0.2) is 36.1 Å². The molecule has 0 aliphatic rings. The lowest BCUT2D eigenvalue weighted by molar-refractivity contribution is 0.102. The molecule has 0 saturated carbocycles. The number of aromatic nitrogens is 6. The molecular weight excluding hydrogens is 338 g/mol. The van der Waals surface area contributed by atoms with Crippen LogP contribution in [0.4, 0.5) is 5.95 Å². The molecule has 0 aliphatic carbocycles. The molecule has 3 aromatic heterocycles. The van der Waals surface area contributed by atoms with E-state index in [1.54, 1.807) is 17.7 Å². The van der Waals surface area contributed by atoms with Gasteiger partial charge in [-0.25, -0.2) is 19.9 Å². The number of imidazole rings is 1. The molecule has 0 saturated heterocycles. The van der Waals surface area contributed by atoms with Crippen molar-refractivity contribution < 1.29 is 5.11 Å². The number of nitrogens with zero attached hydrogens (tertiary/aromatic N) is 6. The molecule has 1 atom stereocenters. The fourth-order valence-corrected chi connectivity index (χ4v) is 3.47. The Kier molecular flexibility index (Phi) is 3.48. The van der Waals surface area contributed by atoms with Crippen LogP contribution in [-0.2, 0) is 5.60 Å². The van der Waals surface area contributed by atoms with E-state index >= 15 is 0 Å². The maximum atomic E-state index is 11.0. The zero-order chi connectivity index (χ0) is 17.6. The van der Waals surface area contributed by atoms with E-state index in [4.69, 9.17) is 5.73 Å². The minimum atomic E-state index is -1.20. The summed E-state index contributed by atoms with van der Waals surface area (Å²) in [5.41, 5.74) is 6.73. The molecule has 9 heteroatoms. The Bertz CT molecular complexity index is 1060. The Balaban J connectivity index is 1.93. The van der Waals surface area contributed by atoms with Crippen molar-refractivity contribution in [2.24, 2.45) is 0 Å². The van der Waals surface area contributed by atoms with Crippen LogP contribution in [0, 0.1) is 6.92 Å². The highest BCUT2D eigenvalue weighted by atomic mass is 32.1. The van der Waals surface area contributed by atoms with Gasteiger partial charge in [0.05, 0.1) is 11.0 Å². The monoisotopic (exact) mass is 353 g/mol. The molecule has 0 aliphatic heterocycles. The minimum absolute atomic E-state index is 0.136. The molecule has 8 nitrogen and oxygen atoms in total. The second kappa shape index (κ2) is 5.57. The maximum Gasteiger partial charge on any atom is 0.240 e. The Morgan fingerprint density at radius 2 is 2.04 bits per heavy atom. The fourth-order valence-electron chi connectivity index (χ4n) is 2.75. The van der Waals surface area contributed by atoms with Crippen LogP contribution in [0.1, 0.15) is 23.3 Å². The number of aryl methyl sites for hydroxylation is 1. The topological polar surface area (TPSA) is 116 Å². The summed E-state index contributed by atoms with van der Waals surface area (Å²) in [4.78, 5) is 21.0. The highest BCUT2D eigenvalue weighted by Gasteiger charge is 2.29. The van der Waals surface area contributed by atoms with Gasteiger partial charge in [0.15, 0.2) is 0 Å². The lowest BCUT2D eigenvalue weighted by Crippen LogP contribution is -2.22. The number of benzene rings is 1. The van der Waals surface area contributed by atoms with Crippen LogP contribution in [0.3, 0.4) is 0 Å². The van der Waals surface area contributed by atoms with Crippen molar-refractivity contribution in [2.75, 3.05) is 5.73 Å². The molecule has 1 aromatic carbocycles. The van der Waals surface area contributed by atoms with E-state index in [0.29, 0.717) is 22.3 Å². The molecule has 4 aromatic rings. The summed E-state index contributed by atoms with van der Waals surface area (Å²) in [6, 6.07) is 5.58. The number of hydrogen-bond acceptors (Lipinski definition) is 8. The maximum absolute atomic E-state index is 11.0. The molecule has 0 unspecified atom stereocenters. The van der Waals surface area contributed by atoms with Gasteiger partial charge in [-0.2, -0.15) is 4.98 Å². The Morgan fingerprint density at radius 3 is 2.76 bits per heavy atom. The van der Waals surface area contributed by atoms with Crippen LogP contribution in [-0.4, -0.2) is 34.6 Å². The van der Waals surface area contributed by atoms with E-state index < -0.39 is 5.60 Å². The number of fused-ring (bicyclic) bond motifs is 1. The van der Waals surface area contributed by atoms with Gasteiger partial charge >= 0.3 is 0 Å². The van der Waals surface area contributed by atoms with Crippen LogP contribution in [0.5, 0.6) is 0 Å². The number of aliphatic hydroxyl groups is 1. The van der Waals surface area contributed by atoms with Crippen molar-refractivity contribution in [1.29, 1.82) is 0 Å². The number of nitrogens with two attached hydrogens (primary N) is 1. The molecule has 3 heterocycles. The van der Waals surface area contributed by atoms with Gasteiger partial charge in [-0.15, -0.1) is 11.3 Å². The van der Waals surface area contributed by atoms with Crippen molar-refractivity contribution >= 4 is 28.3 Å². The third-order valence-electron chi connectivity index (χ3n) is 4.01. The molecule has 4 rings (SSSR count). The number of rotatable bonds is 3. The summed E-state index contributed by atoms with van der Waals surface area (Å²) < 4.78 is 1.79.